The number of alkyl halides is 3. The van der Waals surface area contributed by atoms with E-state index in [1.54, 1.807) is 19.1 Å². The maximum absolute atomic E-state index is 13.0. The molecule has 1 N–H and O–H groups in total. The Balaban J connectivity index is 2.18. The summed E-state index contributed by atoms with van der Waals surface area (Å²) in [6.45, 7) is 5.37. The van der Waals surface area contributed by atoms with E-state index in [0.29, 0.717) is 5.02 Å². The smallest absolute Gasteiger partial charge is 0.391 e. The van der Waals surface area contributed by atoms with Crippen LogP contribution in [0.25, 0.3) is 0 Å². The summed E-state index contributed by atoms with van der Waals surface area (Å²) >= 11 is 6.01. The molecule has 1 aliphatic carbocycles. The SMILES string of the molecule is CCOC(=O)C1(NC(=O)Cc2c(C)cc(Cl)cc2C)CCC(C(F)(F)F)CC1. The fourth-order valence-electron chi connectivity index (χ4n) is 3.78. The van der Waals surface area contributed by atoms with Crippen LogP contribution in [0.15, 0.2) is 12.1 Å². The van der Waals surface area contributed by atoms with Crippen molar-refractivity contribution in [1.29, 1.82) is 0 Å². The first-order chi connectivity index (χ1) is 13.0. The summed E-state index contributed by atoms with van der Waals surface area (Å²) in [6.07, 6.45) is -4.93. The first kappa shape index (κ1) is 22.5. The summed E-state index contributed by atoms with van der Waals surface area (Å²) in [5.74, 6) is -2.56. The van der Waals surface area contributed by atoms with E-state index in [9.17, 15) is 22.8 Å². The number of esters is 1. The van der Waals surface area contributed by atoms with Crippen LogP contribution in [-0.4, -0.2) is 30.2 Å². The zero-order valence-corrected chi connectivity index (χ0v) is 17.0. The first-order valence-corrected chi connectivity index (χ1v) is 9.67. The van der Waals surface area contributed by atoms with E-state index in [0.717, 1.165) is 16.7 Å². The minimum Gasteiger partial charge on any atom is -0.464 e. The lowest BCUT2D eigenvalue weighted by molar-refractivity contribution is -0.189. The second-order valence-corrected chi connectivity index (χ2v) is 7.80. The number of aryl methyl sites for hydroxylation is 2. The second-order valence-electron chi connectivity index (χ2n) is 7.36. The highest BCUT2D eigenvalue weighted by Crippen LogP contribution is 2.41. The minimum absolute atomic E-state index is 0.0126. The van der Waals surface area contributed by atoms with Gasteiger partial charge in [-0.25, -0.2) is 4.79 Å². The number of rotatable bonds is 5. The molecule has 2 rings (SSSR count). The van der Waals surface area contributed by atoms with E-state index in [-0.39, 0.29) is 38.7 Å². The zero-order chi connectivity index (χ0) is 21.1. The second kappa shape index (κ2) is 8.72. The third-order valence-electron chi connectivity index (χ3n) is 5.35. The fourth-order valence-corrected chi connectivity index (χ4v) is 4.11. The van der Waals surface area contributed by atoms with Gasteiger partial charge in [0.25, 0.3) is 0 Å². The first-order valence-electron chi connectivity index (χ1n) is 9.29. The van der Waals surface area contributed by atoms with Crippen molar-refractivity contribution in [3.05, 3.63) is 33.8 Å². The molecule has 1 aromatic rings. The Morgan fingerprint density at radius 3 is 2.21 bits per heavy atom. The van der Waals surface area contributed by atoms with Crippen molar-refractivity contribution in [2.45, 2.75) is 64.6 Å². The molecule has 0 aliphatic heterocycles. The van der Waals surface area contributed by atoms with Crippen molar-refractivity contribution in [3.8, 4) is 0 Å². The lowest BCUT2D eigenvalue weighted by atomic mass is 9.76. The lowest BCUT2D eigenvalue weighted by Gasteiger charge is -2.39. The topological polar surface area (TPSA) is 55.4 Å². The van der Waals surface area contributed by atoms with Crippen LogP contribution < -0.4 is 5.32 Å². The number of hydrogen-bond acceptors (Lipinski definition) is 3. The molecule has 0 spiro atoms. The summed E-state index contributed by atoms with van der Waals surface area (Å²) in [5.41, 5.74) is 1.05. The van der Waals surface area contributed by atoms with Gasteiger partial charge in [0.05, 0.1) is 18.9 Å². The summed E-state index contributed by atoms with van der Waals surface area (Å²) in [6, 6.07) is 3.49. The van der Waals surface area contributed by atoms with Crippen LogP contribution in [0.5, 0.6) is 0 Å². The maximum atomic E-state index is 13.0. The van der Waals surface area contributed by atoms with Gasteiger partial charge in [-0.3, -0.25) is 4.79 Å². The van der Waals surface area contributed by atoms with Gasteiger partial charge in [0.2, 0.25) is 5.91 Å². The van der Waals surface area contributed by atoms with Crippen LogP contribution in [0.4, 0.5) is 13.2 Å². The molecule has 1 aromatic carbocycles. The molecule has 0 unspecified atom stereocenters. The fraction of sp³-hybridized carbons (Fsp3) is 0.600. The predicted octanol–water partition coefficient (Wildman–Crippen LogP) is 4.67. The van der Waals surface area contributed by atoms with Gasteiger partial charge in [-0.15, -0.1) is 0 Å². The molecule has 8 heteroatoms. The van der Waals surface area contributed by atoms with E-state index < -0.39 is 29.5 Å². The minimum atomic E-state index is -4.30. The monoisotopic (exact) mass is 419 g/mol. The zero-order valence-electron chi connectivity index (χ0n) is 16.2. The molecular formula is C20H25ClF3NO3. The molecule has 1 amide bonds. The number of benzene rings is 1. The number of carbonyl (C=O) groups excluding carboxylic acids is 2. The summed E-state index contributed by atoms with van der Waals surface area (Å²) < 4.78 is 44.1. The van der Waals surface area contributed by atoms with Gasteiger partial charge in [-0.1, -0.05) is 11.6 Å². The van der Waals surface area contributed by atoms with Gasteiger partial charge in [0.1, 0.15) is 5.54 Å². The molecule has 156 valence electrons. The van der Waals surface area contributed by atoms with E-state index in [4.69, 9.17) is 16.3 Å². The van der Waals surface area contributed by atoms with Gasteiger partial charge in [-0.05, 0) is 75.3 Å². The molecular weight excluding hydrogens is 395 g/mol. The Kier molecular flexibility index (Phi) is 7.02. The number of nitrogens with one attached hydrogen (secondary N) is 1. The maximum Gasteiger partial charge on any atom is 0.391 e. The molecule has 0 saturated heterocycles. The van der Waals surface area contributed by atoms with Crippen LogP contribution in [0.2, 0.25) is 5.02 Å². The lowest BCUT2D eigenvalue weighted by Crippen LogP contribution is -2.58. The van der Waals surface area contributed by atoms with Gasteiger partial charge >= 0.3 is 12.1 Å². The number of halogens is 4. The number of carbonyl (C=O) groups is 2. The summed E-state index contributed by atoms with van der Waals surface area (Å²) in [5, 5.41) is 3.26. The molecule has 1 saturated carbocycles. The third kappa shape index (κ3) is 5.19. The predicted molar refractivity (Wildman–Crippen MR) is 100 cm³/mol. The highest BCUT2D eigenvalue weighted by atomic mass is 35.5. The van der Waals surface area contributed by atoms with E-state index in [2.05, 4.69) is 5.32 Å². The third-order valence-corrected chi connectivity index (χ3v) is 5.56. The Labute approximate surface area is 167 Å². The van der Waals surface area contributed by atoms with Crippen LogP contribution in [-0.2, 0) is 20.7 Å². The van der Waals surface area contributed by atoms with Gasteiger partial charge in [-0.2, -0.15) is 13.2 Å². The van der Waals surface area contributed by atoms with Gasteiger partial charge in [0, 0.05) is 5.02 Å². The van der Waals surface area contributed by atoms with E-state index >= 15 is 0 Å². The van der Waals surface area contributed by atoms with E-state index in [1.165, 1.54) is 0 Å². The average molecular weight is 420 g/mol. The van der Waals surface area contributed by atoms with Crippen LogP contribution >= 0.6 is 11.6 Å². The van der Waals surface area contributed by atoms with Gasteiger partial charge in [0.15, 0.2) is 0 Å². The largest absolute Gasteiger partial charge is 0.464 e. The Hall–Kier alpha value is -1.76. The molecule has 4 nitrogen and oxygen atoms in total. The Bertz CT molecular complexity index is 718. The molecule has 0 radical (unpaired) electrons. The Morgan fingerprint density at radius 2 is 1.75 bits per heavy atom. The molecule has 0 heterocycles. The Morgan fingerprint density at radius 1 is 1.21 bits per heavy atom. The molecule has 0 aromatic heterocycles. The van der Waals surface area contributed by atoms with Crippen LogP contribution in [0.1, 0.15) is 49.3 Å². The molecule has 0 bridgehead atoms. The van der Waals surface area contributed by atoms with Gasteiger partial charge < -0.3 is 10.1 Å². The quantitative estimate of drug-likeness (QED) is 0.705. The van der Waals surface area contributed by atoms with E-state index in [1.807, 2.05) is 13.8 Å². The number of hydrogen-bond donors (Lipinski definition) is 1. The molecule has 1 aliphatic rings. The van der Waals surface area contributed by atoms with Crippen molar-refractivity contribution in [1.82, 2.24) is 5.32 Å². The molecule has 28 heavy (non-hydrogen) atoms. The van der Waals surface area contributed by atoms with Crippen LogP contribution in [0, 0.1) is 19.8 Å². The van der Waals surface area contributed by atoms with Crippen molar-refractivity contribution >= 4 is 23.5 Å². The van der Waals surface area contributed by atoms with Crippen molar-refractivity contribution in [2.75, 3.05) is 6.61 Å². The highest BCUT2D eigenvalue weighted by Gasteiger charge is 2.50. The number of amides is 1. The molecule has 1 fully saturated rings. The summed E-state index contributed by atoms with van der Waals surface area (Å²) in [4.78, 5) is 25.2. The van der Waals surface area contributed by atoms with Crippen molar-refractivity contribution in [2.24, 2.45) is 5.92 Å². The standard InChI is InChI=1S/C20H25ClF3NO3/c1-4-28-18(27)19(7-5-14(6-8-19)20(22,23)24)25-17(26)11-16-12(2)9-15(21)10-13(16)3/h9-10,14H,4-8,11H2,1-3H3,(H,25,26). The average Bonchev–Trinajstić information content (AvgIpc) is 2.58. The summed E-state index contributed by atoms with van der Waals surface area (Å²) in [7, 11) is 0. The normalized spacial score (nSPS) is 22.6. The van der Waals surface area contributed by atoms with Crippen molar-refractivity contribution in [3.63, 3.8) is 0 Å². The number of ether oxygens (including phenoxy) is 1. The molecule has 0 atom stereocenters. The highest BCUT2D eigenvalue weighted by molar-refractivity contribution is 6.30. The van der Waals surface area contributed by atoms with Crippen LogP contribution in [0.3, 0.4) is 0 Å². The van der Waals surface area contributed by atoms with Crippen molar-refractivity contribution < 1.29 is 27.5 Å².